The average molecular weight is 312 g/mol. The first-order valence-corrected chi connectivity index (χ1v) is 7.69. The zero-order chi connectivity index (χ0) is 16.2. The highest BCUT2D eigenvalue weighted by Gasteiger charge is 2.30. The van der Waals surface area contributed by atoms with Crippen LogP contribution in [0.15, 0.2) is 36.5 Å². The van der Waals surface area contributed by atoms with Crippen LogP contribution in [0.1, 0.15) is 18.5 Å². The van der Waals surface area contributed by atoms with E-state index in [1.54, 1.807) is 18.2 Å². The van der Waals surface area contributed by atoms with E-state index in [2.05, 4.69) is 15.3 Å². The summed E-state index contributed by atoms with van der Waals surface area (Å²) in [5, 5.41) is 3.16. The van der Waals surface area contributed by atoms with Crippen molar-refractivity contribution >= 4 is 17.5 Å². The molecule has 2 aromatic rings. The van der Waals surface area contributed by atoms with Crippen LogP contribution in [0, 0.1) is 6.92 Å². The van der Waals surface area contributed by atoms with E-state index in [0.717, 1.165) is 30.0 Å². The molecule has 1 unspecified atom stereocenters. The second-order valence-corrected chi connectivity index (χ2v) is 5.55. The van der Waals surface area contributed by atoms with Crippen LogP contribution in [0.4, 0.5) is 11.6 Å². The second kappa shape index (κ2) is 6.64. The van der Waals surface area contributed by atoms with E-state index in [1.165, 1.54) is 0 Å². The smallest absolute Gasteiger partial charge is 0.249 e. The van der Waals surface area contributed by atoms with Crippen LogP contribution in [-0.2, 0) is 4.79 Å². The maximum Gasteiger partial charge on any atom is 0.249 e. The van der Waals surface area contributed by atoms with Crippen molar-refractivity contribution in [3.8, 4) is 5.75 Å². The topological polar surface area (TPSA) is 67.3 Å². The molecular formula is C17H20N4O2. The minimum atomic E-state index is -0.309. The Balaban J connectivity index is 1.78. The number of methoxy groups -OCH3 is 1. The number of carbonyl (C=O) groups excluding carboxylic acids is 1. The predicted molar refractivity (Wildman–Crippen MR) is 88.8 cm³/mol. The Hall–Kier alpha value is -2.63. The molecule has 1 fully saturated rings. The van der Waals surface area contributed by atoms with Crippen LogP contribution < -0.4 is 15.0 Å². The molecule has 1 atom stereocenters. The van der Waals surface area contributed by atoms with Gasteiger partial charge in [0.1, 0.15) is 11.8 Å². The fourth-order valence-corrected chi connectivity index (χ4v) is 2.72. The molecule has 1 saturated heterocycles. The van der Waals surface area contributed by atoms with Gasteiger partial charge in [0.25, 0.3) is 0 Å². The summed E-state index contributed by atoms with van der Waals surface area (Å²) in [6.45, 7) is 2.61. The summed E-state index contributed by atoms with van der Waals surface area (Å²) in [5.74, 6) is 1.28. The van der Waals surface area contributed by atoms with Crippen LogP contribution in [0.3, 0.4) is 0 Å². The van der Waals surface area contributed by atoms with Crippen LogP contribution in [0.5, 0.6) is 5.75 Å². The third-order valence-corrected chi connectivity index (χ3v) is 3.90. The average Bonchev–Trinajstić information content (AvgIpc) is 2.57. The molecule has 1 aromatic heterocycles. The van der Waals surface area contributed by atoms with E-state index in [-0.39, 0.29) is 11.9 Å². The first kappa shape index (κ1) is 15.3. The maximum absolute atomic E-state index is 12.8. The Morgan fingerprint density at radius 2 is 2.22 bits per heavy atom. The van der Waals surface area contributed by atoms with Crippen LogP contribution in [0.2, 0.25) is 0 Å². The Kier molecular flexibility index (Phi) is 4.41. The second-order valence-electron chi connectivity index (χ2n) is 5.55. The van der Waals surface area contributed by atoms with Gasteiger partial charge in [-0.05, 0) is 38.0 Å². The molecular weight excluding hydrogens is 292 g/mol. The Labute approximate surface area is 135 Å². The molecule has 6 nitrogen and oxygen atoms in total. The minimum Gasteiger partial charge on any atom is -0.497 e. The lowest BCUT2D eigenvalue weighted by molar-refractivity contribution is -0.120. The number of hydrogen-bond acceptors (Lipinski definition) is 5. The molecule has 0 radical (unpaired) electrons. The standard InChI is InChI=1S/C17H20N4O2/c1-12-8-9-18-17(19-12)20-15-7-4-10-21(16(15)22)13-5-3-6-14(11-13)23-2/h3,5-6,8-9,11,15H,4,7,10H2,1-2H3,(H,18,19,20). The number of carbonyl (C=O) groups is 1. The summed E-state index contributed by atoms with van der Waals surface area (Å²) in [5.41, 5.74) is 1.72. The van der Waals surface area contributed by atoms with E-state index in [9.17, 15) is 4.79 Å². The van der Waals surface area contributed by atoms with Crippen LogP contribution in [0.25, 0.3) is 0 Å². The van der Waals surface area contributed by atoms with Crippen molar-refractivity contribution in [2.24, 2.45) is 0 Å². The SMILES string of the molecule is COc1cccc(N2CCCC(Nc3nccc(C)n3)C2=O)c1. The van der Waals surface area contributed by atoms with Gasteiger partial charge in [-0.1, -0.05) is 6.07 Å². The zero-order valence-electron chi connectivity index (χ0n) is 13.3. The van der Waals surface area contributed by atoms with E-state index in [1.807, 2.05) is 37.3 Å². The molecule has 3 rings (SSSR count). The number of nitrogens with zero attached hydrogens (tertiary/aromatic N) is 3. The number of piperidine rings is 1. The van der Waals surface area contributed by atoms with Crippen molar-refractivity contribution in [2.45, 2.75) is 25.8 Å². The number of anilines is 2. The lowest BCUT2D eigenvalue weighted by Crippen LogP contribution is -2.48. The van der Waals surface area contributed by atoms with Crippen molar-refractivity contribution < 1.29 is 9.53 Å². The van der Waals surface area contributed by atoms with Gasteiger partial charge in [-0.15, -0.1) is 0 Å². The van der Waals surface area contributed by atoms with Crippen LogP contribution >= 0.6 is 0 Å². The van der Waals surface area contributed by atoms with Gasteiger partial charge in [0, 0.05) is 30.2 Å². The lowest BCUT2D eigenvalue weighted by atomic mass is 10.0. The zero-order valence-corrected chi connectivity index (χ0v) is 13.3. The van der Waals surface area contributed by atoms with Gasteiger partial charge in [-0.25, -0.2) is 9.97 Å². The number of hydrogen-bond donors (Lipinski definition) is 1. The molecule has 1 N–H and O–H groups in total. The van der Waals surface area contributed by atoms with E-state index >= 15 is 0 Å². The Morgan fingerprint density at radius 1 is 1.35 bits per heavy atom. The summed E-state index contributed by atoms with van der Waals surface area (Å²) in [7, 11) is 1.62. The summed E-state index contributed by atoms with van der Waals surface area (Å²) in [4.78, 5) is 23.1. The van der Waals surface area contributed by atoms with Gasteiger partial charge in [-0.3, -0.25) is 4.79 Å². The number of aryl methyl sites for hydroxylation is 1. The van der Waals surface area contributed by atoms with E-state index in [0.29, 0.717) is 12.5 Å². The molecule has 1 amide bonds. The fourth-order valence-electron chi connectivity index (χ4n) is 2.72. The highest BCUT2D eigenvalue weighted by atomic mass is 16.5. The number of amides is 1. The molecule has 0 spiro atoms. The lowest BCUT2D eigenvalue weighted by Gasteiger charge is -2.32. The summed E-state index contributed by atoms with van der Waals surface area (Å²) in [6, 6.07) is 9.08. The van der Waals surface area contributed by atoms with Gasteiger partial charge in [0.15, 0.2) is 0 Å². The molecule has 6 heteroatoms. The largest absolute Gasteiger partial charge is 0.497 e. The molecule has 120 valence electrons. The highest BCUT2D eigenvalue weighted by molar-refractivity contribution is 5.99. The minimum absolute atomic E-state index is 0.0367. The molecule has 23 heavy (non-hydrogen) atoms. The van der Waals surface area contributed by atoms with Gasteiger partial charge in [-0.2, -0.15) is 0 Å². The number of ether oxygens (including phenoxy) is 1. The van der Waals surface area contributed by atoms with E-state index < -0.39 is 0 Å². The third-order valence-electron chi connectivity index (χ3n) is 3.90. The number of benzene rings is 1. The first-order chi connectivity index (χ1) is 11.2. The van der Waals surface area contributed by atoms with Gasteiger partial charge >= 0.3 is 0 Å². The van der Waals surface area contributed by atoms with Gasteiger partial charge in [0.05, 0.1) is 7.11 Å². The van der Waals surface area contributed by atoms with Crippen LogP contribution in [-0.4, -0.2) is 35.6 Å². The number of nitrogens with one attached hydrogen (secondary N) is 1. The van der Waals surface area contributed by atoms with E-state index in [4.69, 9.17) is 4.74 Å². The molecule has 0 saturated carbocycles. The van der Waals surface area contributed by atoms with Crippen molar-refractivity contribution in [1.29, 1.82) is 0 Å². The summed E-state index contributed by atoms with van der Waals surface area (Å²) in [6.07, 6.45) is 3.39. The number of aromatic nitrogens is 2. The van der Waals surface area contributed by atoms with Crippen molar-refractivity contribution in [3.05, 3.63) is 42.2 Å². The van der Waals surface area contributed by atoms with Gasteiger partial charge < -0.3 is 15.0 Å². The fraction of sp³-hybridized carbons (Fsp3) is 0.353. The Morgan fingerprint density at radius 3 is 3.00 bits per heavy atom. The quantitative estimate of drug-likeness (QED) is 0.939. The van der Waals surface area contributed by atoms with Gasteiger partial charge in [0.2, 0.25) is 11.9 Å². The molecule has 1 aliphatic heterocycles. The van der Waals surface area contributed by atoms with Crippen molar-refractivity contribution in [3.63, 3.8) is 0 Å². The maximum atomic E-state index is 12.8. The highest BCUT2D eigenvalue weighted by Crippen LogP contribution is 2.25. The molecule has 2 heterocycles. The van der Waals surface area contributed by atoms with Crippen molar-refractivity contribution in [2.75, 3.05) is 23.9 Å². The molecule has 1 aromatic carbocycles. The molecule has 0 aliphatic carbocycles. The normalized spacial score (nSPS) is 17.9. The Bertz CT molecular complexity index is 704. The summed E-state index contributed by atoms with van der Waals surface area (Å²) < 4.78 is 5.24. The third kappa shape index (κ3) is 3.41. The van der Waals surface area contributed by atoms with Crippen molar-refractivity contribution in [1.82, 2.24) is 9.97 Å². The first-order valence-electron chi connectivity index (χ1n) is 7.69. The summed E-state index contributed by atoms with van der Waals surface area (Å²) >= 11 is 0. The molecule has 0 bridgehead atoms. The number of rotatable bonds is 4. The predicted octanol–water partition coefficient (Wildman–Crippen LogP) is 2.40. The molecule has 1 aliphatic rings. The monoisotopic (exact) mass is 312 g/mol.